The molecule has 9 heteroatoms. The summed E-state index contributed by atoms with van der Waals surface area (Å²) >= 11 is 0. The highest BCUT2D eigenvalue weighted by atomic mass is 32.2. The molecule has 2 aliphatic rings. The molecular weight excluding hydrogens is 486 g/mol. The predicted octanol–water partition coefficient (Wildman–Crippen LogP) is 4.73. The number of ether oxygens (including phenoxy) is 1. The van der Waals surface area contributed by atoms with Crippen LogP contribution in [0.15, 0.2) is 60.8 Å². The fourth-order valence-corrected chi connectivity index (χ4v) is 6.03. The zero-order valence-electron chi connectivity index (χ0n) is 21.7. The Morgan fingerprint density at radius 1 is 1.05 bits per heavy atom. The molecule has 2 atom stereocenters. The lowest BCUT2D eigenvalue weighted by atomic mass is 9.86. The summed E-state index contributed by atoms with van der Waals surface area (Å²) in [5.74, 6) is 0.209. The first-order valence-corrected chi connectivity index (χ1v) is 14.9. The number of sulfonamides is 1. The van der Waals surface area contributed by atoms with Gasteiger partial charge in [0, 0.05) is 24.7 Å². The number of nitrogens with one attached hydrogen (secondary N) is 1. The van der Waals surface area contributed by atoms with Gasteiger partial charge in [-0.05, 0) is 69.5 Å². The van der Waals surface area contributed by atoms with E-state index in [1.54, 1.807) is 13.8 Å². The van der Waals surface area contributed by atoms with Crippen LogP contribution in [-0.4, -0.2) is 58.9 Å². The van der Waals surface area contributed by atoms with Gasteiger partial charge in [-0.25, -0.2) is 13.1 Å². The van der Waals surface area contributed by atoms with Gasteiger partial charge in [0.1, 0.15) is 0 Å². The molecule has 0 unspecified atom stereocenters. The van der Waals surface area contributed by atoms with Gasteiger partial charge >= 0.3 is 0 Å². The van der Waals surface area contributed by atoms with E-state index in [2.05, 4.69) is 26.0 Å². The number of benzene rings is 2. The molecule has 1 saturated carbocycles. The van der Waals surface area contributed by atoms with Crippen molar-refractivity contribution < 1.29 is 13.2 Å². The van der Waals surface area contributed by atoms with Crippen molar-refractivity contribution >= 4 is 15.7 Å². The minimum absolute atomic E-state index is 0.0398. The number of rotatable bonds is 9. The smallest absolute Gasteiger partial charge is 0.235 e. The number of hydrogen-bond donors (Lipinski definition) is 1. The molecule has 2 fully saturated rings. The van der Waals surface area contributed by atoms with Crippen molar-refractivity contribution in [1.29, 1.82) is 0 Å². The molecular formula is C28H37N5O3S. The zero-order chi connectivity index (χ0) is 25.8. The SMILES string of the molecule is CC(C)S(=O)(=O)Nc1cccc([C@H]2CCN(Cc3cn(-c4ccccc4)nn3)C[C@H]2OC2CCCC2)c1. The predicted molar refractivity (Wildman–Crippen MR) is 145 cm³/mol. The Kier molecular flexibility index (Phi) is 7.92. The Morgan fingerprint density at radius 2 is 1.84 bits per heavy atom. The van der Waals surface area contributed by atoms with Crippen LogP contribution in [0.5, 0.6) is 0 Å². The van der Waals surface area contributed by atoms with Crippen LogP contribution >= 0.6 is 0 Å². The number of aromatic nitrogens is 3. The summed E-state index contributed by atoms with van der Waals surface area (Å²) in [7, 11) is -3.40. The van der Waals surface area contributed by atoms with E-state index < -0.39 is 15.3 Å². The third-order valence-electron chi connectivity index (χ3n) is 7.46. The highest BCUT2D eigenvalue weighted by Crippen LogP contribution is 2.35. The highest BCUT2D eigenvalue weighted by Gasteiger charge is 2.34. The summed E-state index contributed by atoms with van der Waals surface area (Å²) < 4.78 is 36.2. The lowest BCUT2D eigenvalue weighted by molar-refractivity contribution is -0.0584. The normalized spacial score (nSPS) is 21.5. The van der Waals surface area contributed by atoms with Crippen LogP contribution in [0.25, 0.3) is 5.69 Å². The molecule has 2 heterocycles. The molecule has 0 amide bonds. The van der Waals surface area contributed by atoms with Gasteiger partial charge in [-0.1, -0.05) is 48.4 Å². The lowest BCUT2D eigenvalue weighted by Gasteiger charge is -2.39. The third-order valence-corrected chi connectivity index (χ3v) is 9.22. The summed E-state index contributed by atoms with van der Waals surface area (Å²) in [5, 5.41) is 8.25. The van der Waals surface area contributed by atoms with E-state index in [1.807, 2.05) is 59.4 Å². The molecule has 0 spiro atoms. The molecule has 8 nitrogen and oxygen atoms in total. The summed E-state index contributed by atoms with van der Waals surface area (Å²) in [4.78, 5) is 2.40. The number of likely N-dealkylation sites (tertiary alicyclic amines) is 1. The minimum Gasteiger partial charge on any atom is -0.373 e. The number of hydrogen-bond acceptors (Lipinski definition) is 6. The molecule has 1 aromatic heterocycles. The van der Waals surface area contributed by atoms with E-state index in [0.717, 1.165) is 55.8 Å². The highest BCUT2D eigenvalue weighted by molar-refractivity contribution is 7.93. The summed E-state index contributed by atoms with van der Waals surface area (Å²) in [5.41, 5.74) is 3.68. The maximum atomic E-state index is 12.4. The number of piperidine rings is 1. The standard InChI is InChI=1S/C28H37N5O3S/c1-21(2)37(34,35)30-23-10-8-9-22(17-23)27-15-16-32(20-28(27)36-26-13-6-7-14-26)18-24-19-33(31-29-24)25-11-4-3-5-12-25/h3-5,8-12,17,19,21,26-28,30H,6-7,13-16,18,20H2,1-2H3/t27-,28-/m1/s1. The Hall–Kier alpha value is -2.75. The van der Waals surface area contributed by atoms with Crippen molar-refractivity contribution in [2.45, 2.75) is 75.9 Å². The maximum Gasteiger partial charge on any atom is 0.235 e. The van der Waals surface area contributed by atoms with Gasteiger partial charge in [0.25, 0.3) is 0 Å². The second-order valence-corrected chi connectivity index (χ2v) is 12.8. The van der Waals surface area contributed by atoms with Gasteiger partial charge in [-0.15, -0.1) is 5.10 Å². The van der Waals surface area contributed by atoms with Gasteiger partial charge < -0.3 is 4.74 Å². The summed E-state index contributed by atoms with van der Waals surface area (Å²) in [6.45, 7) is 5.81. The Labute approximate surface area is 220 Å². The van der Waals surface area contributed by atoms with Gasteiger partial charge in [-0.3, -0.25) is 9.62 Å². The van der Waals surface area contributed by atoms with E-state index in [1.165, 1.54) is 12.8 Å². The molecule has 1 N–H and O–H groups in total. The molecule has 5 rings (SSSR count). The Balaban J connectivity index is 1.31. The van der Waals surface area contributed by atoms with E-state index in [9.17, 15) is 8.42 Å². The van der Waals surface area contributed by atoms with E-state index >= 15 is 0 Å². The fraction of sp³-hybridized carbons (Fsp3) is 0.500. The molecule has 37 heavy (non-hydrogen) atoms. The number of anilines is 1. The minimum atomic E-state index is -3.40. The van der Waals surface area contributed by atoms with Crippen LogP contribution in [0.4, 0.5) is 5.69 Å². The van der Waals surface area contributed by atoms with Gasteiger partial charge in [0.2, 0.25) is 10.0 Å². The van der Waals surface area contributed by atoms with Crippen molar-refractivity contribution in [3.63, 3.8) is 0 Å². The molecule has 2 aromatic carbocycles. The third kappa shape index (κ3) is 6.40. The first kappa shape index (κ1) is 25.9. The van der Waals surface area contributed by atoms with Crippen molar-refractivity contribution in [3.8, 4) is 5.69 Å². The molecule has 0 radical (unpaired) electrons. The first-order valence-electron chi connectivity index (χ1n) is 13.3. The quantitative estimate of drug-likeness (QED) is 0.436. The lowest BCUT2D eigenvalue weighted by Crippen LogP contribution is -2.45. The molecule has 1 aliphatic heterocycles. The average Bonchev–Trinajstić information content (AvgIpc) is 3.57. The Bertz CT molecular complexity index is 1270. The zero-order valence-corrected chi connectivity index (χ0v) is 22.5. The fourth-order valence-electron chi connectivity index (χ4n) is 5.34. The monoisotopic (exact) mass is 523 g/mol. The van der Waals surface area contributed by atoms with E-state index in [-0.39, 0.29) is 12.0 Å². The van der Waals surface area contributed by atoms with E-state index in [4.69, 9.17) is 4.74 Å². The van der Waals surface area contributed by atoms with Crippen LogP contribution in [0.3, 0.4) is 0 Å². The van der Waals surface area contributed by atoms with Crippen molar-refractivity contribution in [2.75, 3.05) is 17.8 Å². The molecule has 1 saturated heterocycles. The maximum absolute atomic E-state index is 12.4. The van der Waals surface area contributed by atoms with Crippen LogP contribution in [0, 0.1) is 0 Å². The molecule has 3 aromatic rings. The van der Waals surface area contributed by atoms with Gasteiger partial charge in [0.05, 0.1) is 35.0 Å². The van der Waals surface area contributed by atoms with Crippen LogP contribution in [-0.2, 0) is 21.3 Å². The second kappa shape index (κ2) is 11.3. The van der Waals surface area contributed by atoms with Crippen LogP contribution in [0.1, 0.15) is 63.1 Å². The molecule has 198 valence electrons. The van der Waals surface area contributed by atoms with Crippen molar-refractivity contribution in [3.05, 3.63) is 72.1 Å². The van der Waals surface area contributed by atoms with Crippen molar-refractivity contribution in [1.82, 2.24) is 19.9 Å². The average molecular weight is 524 g/mol. The summed E-state index contributed by atoms with van der Waals surface area (Å²) in [6.07, 6.45) is 7.95. The largest absolute Gasteiger partial charge is 0.373 e. The van der Waals surface area contributed by atoms with Crippen molar-refractivity contribution in [2.24, 2.45) is 0 Å². The molecule has 0 bridgehead atoms. The number of para-hydroxylation sites is 1. The van der Waals surface area contributed by atoms with Crippen LogP contribution in [0.2, 0.25) is 0 Å². The topological polar surface area (TPSA) is 89.4 Å². The van der Waals surface area contributed by atoms with Crippen LogP contribution < -0.4 is 4.72 Å². The first-order chi connectivity index (χ1) is 17.9. The van der Waals surface area contributed by atoms with E-state index in [0.29, 0.717) is 11.8 Å². The second-order valence-electron chi connectivity index (χ2n) is 10.5. The van der Waals surface area contributed by atoms with Gasteiger partial charge in [0.15, 0.2) is 0 Å². The number of nitrogens with zero attached hydrogens (tertiary/aromatic N) is 4. The molecule has 1 aliphatic carbocycles. The summed E-state index contributed by atoms with van der Waals surface area (Å²) in [6, 6.07) is 17.9. The Morgan fingerprint density at radius 3 is 2.59 bits per heavy atom. The van der Waals surface area contributed by atoms with Gasteiger partial charge in [-0.2, -0.15) is 0 Å².